The Kier molecular flexibility index (Phi) is 6.66. The molecule has 4 N–H and O–H groups in total. The van der Waals surface area contributed by atoms with E-state index in [1.807, 2.05) is 0 Å². The Morgan fingerprint density at radius 3 is 2.23 bits per heavy atom. The lowest BCUT2D eigenvalue weighted by Gasteiger charge is -2.20. The summed E-state index contributed by atoms with van der Waals surface area (Å²) in [5.41, 5.74) is 4.00. The SMILES string of the molecule is CC(=O)Nc1cc(NC(C)=O)cc(C(=O)N2C=C3C=CC(C(=O)NO)=CC3CCC2)c1. The number of carbonyl (C=O) groups excluding carboxylic acids is 4. The average molecular weight is 424 g/mol. The van der Waals surface area contributed by atoms with Crippen molar-refractivity contribution in [2.75, 3.05) is 17.2 Å². The maximum absolute atomic E-state index is 13.2. The number of rotatable bonds is 4. The smallest absolute Gasteiger partial charge is 0.274 e. The molecule has 0 fully saturated rings. The van der Waals surface area contributed by atoms with Gasteiger partial charge >= 0.3 is 0 Å². The fraction of sp³-hybridized carbons (Fsp3) is 0.273. The van der Waals surface area contributed by atoms with Crippen LogP contribution in [0.2, 0.25) is 0 Å². The number of allylic oxidation sites excluding steroid dienone is 3. The molecule has 1 unspecified atom stereocenters. The Morgan fingerprint density at radius 2 is 1.65 bits per heavy atom. The number of hydrogen-bond acceptors (Lipinski definition) is 5. The Morgan fingerprint density at radius 1 is 1.00 bits per heavy atom. The van der Waals surface area contributed by atoms with E-state index < -0.39 is 5.91 Å². The lowest BCUT2D eigenvalue weighted by atomic mass is 9.88. The molecule has 1 aliphatic carbocycles. The summed E-state index contributed by atoms with van der Waals surface area (Å²) >= 11 is 0. The van der Waals surface area contributed by atoms with Crippen LogP contribution in [0.25, 0.3) is 0 Å². The highest BCUT2D eigenvalue weighted by Gasteiger charge is 2.24. The number of benzene rings is 1. The number of carbonyl (C=O) groups is 4. The summed E-state index contributed by atoms with van der Waals surface area (Å²) in [6, 6.07) is 4.71. The Balaban J connectivity index is 1.89. The van der Waals surface area contributed by atoms with Crippen LogP contribution in [0.4, 0.5) is 11.4 Å². The van der Waals surface area contributed by atoms with Crippen molar-refractivity contribution in [3.63, 3.8) is 0 Å². The summed E-state index contributed by atoms with van der Waals surface area (Å²) < 4.78 is 0. The summed E-state index contributed by atoms with van der Waals surface area (Å²) in [7, 11) is 0. The molecule has 0 aromatic heterocycles. The highest BCUT2D eigenvalue weighted by atomic mass is 16.5. The number of nitrogens with zero attached hydrogens (tertiary/aromatic N) is 1. The molecule has 1 aromatic carbocycles. The Labute approximate surface area is 179 Å². The number of amides is 4. The monoisotopic (exact) mass is 424 g/mol. The second-order valence-electron chi connectivity index (χ2n) is 7.43. The molecule has 1 atom stereocenters. The zero-order chi connectivity index (χ0) is 22.5. The molecule has 0 spiro atoms. The predicted molar refractivity (Wildman–Crippen MR) is 114 cm³/mol. The van der Waals surface area contributed by atoms with Gasteiger partial charge in [-0.2, -0.15) is 0 Å². The van der Waals surface area contributed by atoms with Gasteiger partial charge in [0.2, 0.25) is 11.8 Å². The lowest BCUT2D eigenvalue weighted by molar-refractivity contribution is -0.125. The molecular weight excluding hydrogens is 400 g/mol. The topological polar surface area (TPSA) is 128 Å². The van der Waals surface area contributed by atoms with Gasteiger partial charge < -0.3 is 15.5 Å². The van der Waals surface area contributed by atoms with Crippen LogP contribution in [0.3, 0.4) is 0 Å². The van der Waals surface area contributed by atoms with Crippen LogP contribution < -0.4 is 16.1 Å². The molecule has 4 amide bonds. The number of nitrogens with one attached hydrogen (secondary N) is 3. The molecule has 3 rings (SSSR count). The molecule has 0 bridgehead atoms. The van der Waals surface area contributed by atoms with E-state index in [0.717, 1.165) is 12.0 Å². The molecule has 1 aliphatic heterocycles. The third kappa shape index (κ3) is 5.46. The lowest BCUT2D eigenvalue weighted by Crippen LogP contribution is -2.27. The zero-order valence-corrected chi connectivity index (χ0v) is 17.3. The average Bonchev–Trinajstić information content (AvgIpc) is 2.93. The van der Waals surface area contributed by atoms with Crippen LogP contribution in [-0.2, 0) is 14.4 Å². The van der Waals surface area contributed by atoms with E-state index in [1.54, 1.807) is 53.0 Å². The second kappa shape index (κ2) is 9.40. The van der Waals surface area contributed by atoms with Gasteiger partial charge in [-0.1, -0.05) is 12.2 Å². The minimum atomic E-state index is -0.576. The van der Waals surface area contributed by atoms with Crippen molar-refractivity contribution in [3.05, 3.63) is 59.3 Å². The maximum atomic E-state index is 13.2. The molecule has 0 radical (unpaired) electrons. The third-order valence-electron chi connectivity index (χ3n) is 4.93. The Hall–Kier alpha value is -3.72. The second-order valence-corrected chi connectivity index (χ2v) is 7.43. The van der Waals surface area contributed by atoms with Gasteiger partial charge in [0.05, 0.1) is 0 Å². The van der Waals surface area contributed by atoms with E-state index in [2.05, 4.69) is 10.6 Å². The van der Waals surface area contributed by atoms with Crippen LogP contribution in [0.15, 0.2) is 53.8 Å². The highest BCUT2D eigenvalue weighted by molar-refractivity contribution is 6.00. The number of hydroxylamine groups is 1. The molecule has 31 heavy (non-hydrogen) atoms. The minimum Gasteiger partial charge on any atom is -0.326 e. The van der Waals surface area contributed by atoms with Gasteiger partial charge in [0.25, 0.3) is 11.8 Å². The van der Waals surface area contributed by atoms with E-state index in [-0.39, 0.29) is 23.6 Å². The fourth-order valence-electron chi connectivity index (χ4n) is 3.64. The normalized spacial score (nSPS) is 17.5. The van der Waals surface area contributed by atoms with E-state index in [9.17, 15) is 19.2 Å². The van der Waals surface area contributed by atoms with Gasteiger partial charge in [-0.3, -0.25) is 24.4 Å². The first-order valence-electron chi connectivity index (χ1n) is 9.84. The van der Waals surface area contributed by atoms with E-state index in [0.29, 0.717) is 35.5 Å². The Bertz CT molecular complexity index is 990. The van der Waals surface area contributed by atoms with Gasteiger partial charge in [-0.05, 0) is 42.7 Å². The molecule has 0 saturated carbocycles. The number of hydrogen-bond donors (Lipinski definition) is 4. The first-order valence-corrected chi connectivity index (χ1v) is 9.84. The van der Waals surface area contributed by atoms with Crippen LogP contribution in [0.5, 0.6) is 0 Å². The molecule has 1 heterocycles. The van der Waals surface area contributed by atoms with E-state index in [4.69, 9.17) is 5.21 Å². The first kappa shape index (κ1) is 22.0. The molecular formula is C22H24N4O5. The van der Waals surface area contributed by atoms with Gasteiger partial charge in [-0.25, -0.2) is 5.48 Å². The fourth-order valence-corrected chi connectivity index (χ4v) is 3.64. The summed E-state index contributed by atoms with van der Waals surface area (Å²) in [5.74, 6) is -1.48. The molecule has 9 heteroatoms. The largest absolute Gasteiger partial charge is 0.326 e. The van der Waals surface area contributed by atoms with E-state index in [1.165, 1.54) is 13.8 Å². The maximum Gasteiger partial charge on any atom is 0.274 e. The minimum absolute atomic E-state index is 0.0456. The summed E-state index contributed by atoms with van der Waals surface area (Å²) in [4.78, 5) is 49.4. The molecule has 1 aromatic rings. The van der Waals surface area contributed by atoms with Crippen molar-refractivity contribution in [3.8, 4) is 0 Å². The van der Waals surface area contributed by atoms with Crippen molar-refractivity contribution < 1.29 is 24.4 Å². The summed E-state index contributed by atoms with van der Waals surface area (Å²) in [6.07, 6.45) is 8.33. The van der Waals surface area contributed by atoms with Gasteiger partial charge in [0, 0.05) is 55.0 Å². The highest BCUT2D eigenvalue weighted by Crippen LogP contribution is 2.30. The first-order chi connectivity index (χ1) is 14.8. The third-order valence-corrected chi connectivity index (χ3v) is 4.93. The van der Waals surface area contributed by atoms with E-state index >= 15 is 0 Å². The van der Waals surface area contributed by atoms with Crippen LogP contribution in [-0.4, -0.2) is 40.3 Å². The van der Waals surface area contributed by atoms with Crippen molar-refractivity contribution >= 4 is 35.0 Å². The van der Waals surface area contributed by atoms with Gasteiger partial charge in [0.15, 0.2) is 0 Å². The van der Waals surface area contributed by atoms with Crippen LogP contribution in [0.1, 0.15) is 37.0 Å². The molecule has 162 valence electrons. The number of fused-ring (bicyclic) bond motifs is 1. The molecule has 0 saturated heterocycles. The van der Waals surface area contributed by atoms with Gasteiger partial charge in [0.1, 0.15) is 0 Å². The van der Waals surface area contributed by atoms with Crippen LogP contribution in [0, 0.1) is 5.92 Å². The van der Waals surface area contributed by atoms with Crippen molar-refractivity contribution in [1.82, 2.24) is 10.4 Å². The molecule has 9 nitrogen and oxygen atoms in total. The van der Waals surface area contributed by atoms with Gasteiger partial charge in [-0.15, -0.1) is 0 Å². The standard InChI is InChI=1S/C22H24N4O5/c1-13(27)23-19-9-18(10-20(11-19)24-14(2)28)22(30)26-7-3-4-15-8-16(21(29)25-31)5-6-17(15)12-26/h5-6,8-12,15,31H,3-4,7H2,1-2H3,(H,23,27)(H,24,28)(H,25,29). The predicted octanol–water partition coefficient (Wildman–Crippen LogP) is 2.34. The van der Waals surface area contributed by atoms with Crippen LogP contribution >= 0.6 is 0 Å². The quantitative estimate of drug-likeness (QED) is 0.436. The van der Waals surface area contributed by atoms with Crippen molar-refractivity contribution in [1.29, 1.82) is 0 Å². The summed E-state index contributed by atoms with van der Waals surface area (Å²) in [5, 5.41) is 14.1. The van der Waals surface area contributed by atoms with Crippen molar-refractivity contribution in [2.24, 2.45) is 5.92 Å². The van der Waals surface area contributed by atoms with Crippen molar-refractivity contribution in [2.45, 2.75) is 26.7 Å². The summed E-state index contributed by atoms with van der Waals surface area (Å²) in [6.45, 7) is 3.20. The number of anilines is 2. The molecule has 2 aliphatic rings. The zero-order valence-electron chi connectivity index (χ0n) is 17.3.